The molecule has 1 aliphatic carbocycles. The quantitative estimate of drug-likeness (QED) is 0.682. The van der Waals surface area contributed by atoms with Crippen LogP contribution in [0.1, 0.15) is 45.4 Å². The van der Waals surface area contributed by atoms with Crippen LogP contribution in [-0.4, -0.2) is 28.8 Å². The molecule has 0 saturated heterocycles. The Kier molecular flexibility index (Phi) is 5.12. The molecule has 96 valence electrons. The second kappa shape index (κ2) is 6.37. The highest BCUT2D eigenvalue weighted by Gasteiger charge is 2.29. The number of Topliss-reactive ketones (excluding diaryl/α,β-unsaturated/α-hetero) is 1. The lowest BCUT2D eigenvalue weighted by atomic mass is 10.0. The van der Waals surface area contributed by atoms with Gasteiger partial charge in [0.1, 0.15) is 0 Å². The molecule has 0 aliphatic heterocycles. The van der Waals surface area contributed by atoms with Crippen molar-refractivity contribution in [3.63, 3.8) is 0 Å². The first-order valence-electron chi connectivity index (χ1n) is 6.13. The fraction of sp³-hybridized carbons (Fsp3) is 0.750. The highest BCUT2D eigenvalue weighted by Crippen LogP contribution is 2.24. The number of carboxylic acids is 1. The zero-order chi connectivity index (χ0) is 12.8. The number of carboxylic acid groups (broad SMARTS) is 1. The number of carbonyl (C=O) groups excluding carboxylic acids is 2. The van der Waals surface area contributed by atoms with Gasteiger partial charge in [-0.3, -0.25) is 9.59 Å². The molecular formula is C12H19NO4. The van der Waals surface area contributed by atoms with Crippen LogP contribution in [0.4, 0.5) is 0 Å². The van der Waals surface area contributed by atoms with Gasteiger partial charge in [-0.25, -0.2) is 4.79 Å². The van der Waals surface area contributed by atoms with Crippen molar-refractivity contribution in [3.05, 3.63) is 0 Å². The third-order valence-electron chi connectivity index (χ3n) is 3.15. The summed E-state index contributed by atoms with van der Waals surface area (Å²) in [6.07, 6.45) is 4.78. The largest absolute Gasteiger partial charge is 0.475 e. The first-order chi connectivity index (χ1) is 8.06. The molecule has 1 amide bonds. The lowest BCUT2D eigenvalue weighted by Crippen LogP contribution is -2.45. The highest BCUT2D eigenvalue weighted by atomic mass is 16.4. The monoisotopic (exact) mass is 241 g/mol. The summed E-state index contributed by atoms with van der Waals surface area (Å²) in [6, 6.07) is -0.870. The number of rotatable bonds is 6. The van der Waals surface area contributed by atoms with Gasteiger partial charge in [-0.15, -0.1) is 0 Å². The van der Waals surface area contributed by atoms with Crippen LogP contribution in [0.5, 0.6) is 0 Å². The van der Waals surface area contributed by atoms with Crippen LogP contribution < -0.4 is 5.32 Å². The number of amides is 1. The van der Waals surface area contributed by atoms with Crippen LogP contribution in [0.2, 0.25) is 0 Å². The van der Waals surface area contributed by atoms with E-state index >= 15 is 0 Å². The summed E-state index contributed by atoms with van der Waals surface area (Å²) in [4.78, 5) is 33.8. The fourth-order valence-corrected chi connectivity index (χ4v) is 2.18. The van der Waals surface area contributed by atoms with Gasteiger partial charge >= 0.3 is 5.97 Å². The van der Waals surface area contributed by atoms with Gasteiger partial charge < -0.3 is 10.4 Å². The minimum atomic E-state index is -1.48. The Labute approximate surface area is 101 Å². The smallest absolute Gasteiger partial charge is 0.374 e. The molecule has 0 aromatic rings. The zero-order valence-electron chi connectivity index (χ0n) is 10.1. The summed E-state index contributed by atoms with van der Waals surface area (Å²) in [6.45, 7) is 1.85. The Morgan fingerprint density at radius 3 is 2.35 bits per heavy atom. The molecule has 5 heteroatoms. The molecule has 1 atom stereocenters. The van der Waals surface area contributed by atoms with Crippen molar-refractivity contribution in [3.8, 4) is 0 Å². The Morgan fingerprint density at radius 2 is 1.88 bits per heavy atom. The summed E-state index contributed by atoms with van der Waals surface area (Å²) >= 11 is 0. The lowest BCUT2D eigenvalue weighted by Gasteiger charge is -2.17. The van der Waals surface area contributed by atoms with E-state index in [1.165, 1.54) is 0 Å². The first kappa shape index (κ1) is 13.7. The minimum absolute atomic E-state index is 0.0454. The maximum Gasteiger partial charge on any atom is 0.374 e. The molecule has 17 heavy (non-hydrogen) atoms. The zero-order valence-corrected chi connectivity index (χ0v) is 10.1. The molecule has 1 fully saturated rings. The van der Waals surface area contributed by atoms with E-state index in [0.29, 0.717) is 12.8 Å². The number of hydrogen-bond acceptors (Lipinski definition) is 3. The van der Waals surface area contributed by atoms with Crippen molar-refractivity contribution in [2.45, 2.75) is 51.5 Å². The van der Waals surface area contributed by atoms with Gasteiger partial charge in [-0.1, -0.05) is 26.2 Å². The van der Waals surface area contributed by atoms with Crippen LogP contribution in [-0.2, 0) is 14.4 Å². The fourth-order valence-electron chi connectivity index (χ4n) is 2.18. The Balaban J connectivity index is 2.56. The van der Waals surface area contributed by atoms with E-state index in [1.807, 2.05) is 6.92 Å². The Bertz CT molecular complexity index is 308. The van der Waals surface area contributed by atoms with Crippen molar-refractivity contribution in [2.24, 2.45) is 5.92 Å². The number of hydrogen-bond donors (Lipinski definition) is 2. The van der Waals surface area contributed by atoms with Crippen LogP contribution in [0.25, 0.3) is 0 Å². The Hall–Kier alpha value is -1.39. The van der Waals surface area contributed by atoms with E-state index in [9.17, 15) is 14.4 Å². The third kappa shape index (κ3) is 3.84. The van der Waals surface area contributed by atoms with E-state index in [0.717, 1.165) is 25.7 Å². The second-order valence-electron chi connectivity index (χ2n) is 4.50. The summed E-state index contributed by atoms with van der Waals surface area (Å²) in [5.74, 6) is -2.61. The maximum atomic E-state index is 11.8. The summed E-state index contributed by atoms with van der Waals surface area (Å²) in [5, 5.41) is 11.2. The van der Waals surface area contributed by atoms with Gasteiger partial charge in [-0.05, 0) is 19.3 Å². The van der Waals surface area contributed by atoms with Gasteiger partial charge in [0.05, 0.1) is 6.04 Å². The van der Waals surface area contributed by atoms with Crippen LogP contribution in [0.15, 0.2) is 0 Å². The molecule has 0 spiro atoms. The normalized spacial score (nSPS) is 17.7. The van der Waals surface area contributed by atoms with Gasteiger partial charge in [0, 0.05) is 5.92 Å². The van der Waals surface area contributed by atoms with E-state index in [4.69, 9.17) is 5.11 Å². The third-order valence-corrected chi connectivity index (χ3v) is 3.15. The second-order valence-corrected chi connectivity index (χ2v) is 4.50. The van der Waals surface area contributed by atoms with Crippen LogP contribution >= 0.6 is 0 Å². The van der Waals surface area contributed by atoms with Crippen molar-refractivity contribution in [1.82, 2.24) is 5.32 Å². The molecule has 1 rings (SSSR count). The van der Waals surface area contributed by atoms with Gasteiger partial charge in [-0.2, -0.15) is 0 Å². The van der Waals surface area contributed by atoms with E-state index < -0.39 is 17.8 Å². The summed E-state index contributed by atoms with van der Waals surface area (Å²) in [7, 11) is 0. The summed E-state index contributed by atoms with van der Waals surface area (Å²) < 4.78 is 0. The van der Waals surface area contributed by atoms with E-state index in [2.05, 4.69) is 5.32 Å². The van der Waals surface area contributed by atoms with Crippen molar-refractivity contribution >= 4 is 17.7 Å². The van der Waals surface area contributed by atoms with E-state index in [-0.39, 0.29) is 11.8 Å². The minimum Gasteiger partial charge on any atom is -0.475 e. The predicted octanol–water partition coefficient (Wildman–Crippen LogP) is 1.12. The molecule has 1 saturated carbocycles. The van der Waals surface area contributed by atoms with Crippen molar-refractivity contribution in [1.29, 1.82) is 0 Å². The molecule has 1 aliphatic rings. The molecule has 0 radical (unpaired) electrons. The predicted molar refractivity (Wildman–Crippen MR) is 61.4 cm³/mol. The molecule has 0 heterocycles. The highest BCUT2D eigenvalue weighted by molar-refractivity contribution is 6.35. The van der Waals surface area contributed by atoms with Crippen molar-refractivity contribution < 1.29 is 19.5 Å². The molecule has 0 aromatic carbocycles. The van der Waals surface area contributed by atoms with Crippen molar-refractivity contribution in [2.75, 3.05) is 0 Å². The van der Waals surface area contributed by atoms with Crippen LogP contribution in [0, 0.1) is 5.92 Å². The number of nitrogens with one attached hydrogen (secondary N) is 1. The molecule has 1 unspecified atom stereocenters. The lowest BCUT2D eigenvalue weighted by molar-refractivity contribution is -0.150. The number of ketones is 1. The van der Waals surface area contributed by atoms with Gasteiger partial charge in [0.15, 0.2) is 0 Å². The van der Waals surface area contributed by atoms with Crippen LogP contribution in [0.3, 0.4) is 0 Å². The van der Waals surface area contributed by atoms with E-state index in [1.54, 1.807) is 0 Å². The standard InChI is InChI=1S/C12H19NO4/c1-2-5-9(10(14)12(16)17)13-11(15)8-6-3-4-7-8/h8-9H,2-7H2,1H3,(H,13,15)(H,16,17). The van der Waals surface area contributed by atoms with Gasteiger partial charge in [0.25, 0.3) is 5.78 Å². The molecule has 0 bridgehead atoms. The molecule has 0 aromatic heterocycles. The maximum absolute atomic E-state index is 11.8. The molecule has 5 nitrogen and oxygen atoms in total. The molecular weight excluding hydrogens is 222 g/mol. The average Bonchev–Trinajstić information content (AvgIpc) is 2.80. The number of aliphatic carboxylic acids is 1. The average molecular weight is 241 g/mol. The number of carbonyl (C=O) groups is 3. The van der Waals surface area contributed by atoms with Gasteiger partial charge in [0.2, 0.25) is 5.91 Å². The topological polar surface area (TPSA) is 83.5 Å². The molecule has 2 N–H and O–H groups in total. The SMILES string of the molecule is CCCC(NC(=O)C1CCCC1)C(=O)C(=O)O. The Morgan fingerprint density at radius 1 is 1.29 bits per heavy atom. The summed E-state index contributed by atoms with van der Waals surface area (Å²) in [5.41, 5.74) is 0. The first-order valence-corrected chi connectivity index (χ1v) is 6.13.